The van der Waals surface area contributed by atoms with Gasteiger partial charge in [-0.3, -0.25) is 4.40 Å². The smallest absolute Gasteiger partial charge is 0.275 e. The molecular weight excluding hydrogens is 277 g/mol. The highest BCUT2D eigenvalue weighted by atomic mass is 32.2. The Morgan fingerprint density at radius 1 is 1.32 bits per heavy atom. The molecule has 104 valence electrons. The Hall–Kier alpha value is -1.31. The van der Waals surface area contributed by atoms with Crippen LogP contribution in [0.25, 0.3) is 5.65 Å². The molecule has 8 heteroatoms. The lowest BCUT2D eigenvalue weighted by atomic mass is 10.3. The second kappa shape index (κ2) is 4.99. The molecule has 2 rings (SSSR count). The van der Waals surface area contributed by atoms with Gasteiger partial charge in [0.1, 0.15) is 5.03 Å². The molecule has 19 heavy (non-hydrogen) atoms. The first-order chi connectivity index (χ1) is 8.79. The molecular formula is C11H13F3N4S. The van der Waals surface area contributed by atoms with Crippen LogP contribution in [0.3, 0.4) is 0 Å². The largest absolute Gasteiger partial charge is 0.452 e. The molecule has 2 heterocycles. The van der Waals surface area contributed by atoms with Crippen LogP contribution in [0.15, 0.2) is 11.2 Å². The van der Waals surface area contributed by atoms with Gasteiger partial charge >= 0.3 is 6.18 Å². The summed E-state index contributed by atoms with van der Waals surface area (Å²) < 4.78 is 39.3. The van der Waals surface area contributed by atoms with E-state index in [-0.39, 0.29) is 5.65 Å². The van der Waals surface area contributed by atoms with Crippen LogP contribution in [0.1, 0.15) is 25.4 Å². The molecule has 0 amide bonds. The van der Waals surface area contributed by atoms with Crippen molar-refractivity contribution in [2.24, 2.45) is 5.92 Å². The fourth-order valence-corrected chi connectivity index (χ4v) is 2.49. The van der Waals surface area contributed by atoms with Gasteiger partial charge < -0.3 is 0 Å². The van der Waals surface area contributed by atoms with E-state index in [4.69, 9.17) is 0 Å². The Morgan fingerprint density at radius 2 is 2.00 bits per heavy atom. The van der Waals surface area contributed by atoms with E-state index < -0.39 is 12.0 Å². The number of hydrogen-bond donors (Lipinski definition) is 0. The summed E-state index contributed by atoms with van der Waals surface area (Å²) in [4.78, 5) is 4.24. The number of aromatic nitrogens is 4. The van der Waals surface area contributed by atoms with Crippen molar-refractivity contribution in [3.05, 3.63) is 17.7 Å². The van der Waals surface area contributed by atoms with E-state index in [0.29, 0.717) is 16.6 Å². The third-order valence-electron chi connectivity index (χ3n) is 2.29. The zero-order valence-corrected chi connectivity index (χ0v) is 11.5. The Bertz CT molecular complexity index is 591. The van der Waals surface area contributed by atoms with Crippen LogP contribution in [0, 0.1) is 12.8 Å². The van der Waals surface area contributed by atoms with Crippen molar-refractivity contribution in [1.29, 1.82) is 0 Å². The second-order valence-corrected chi connectivity index (χ2v) is 5.62. The van der Waals surface area contributed by atoms with Crippen LogP contribution in [0.5, 0.6) is 0 Å². The van der Waals surface area contributed by atoms with Crippen molar-refractivity contribution >= 4 is 17.4 Å². The number of alkyl halides is 3. The Morgan fingerprint density at radius 3 is 2.58 bits per heavy atom. The van der Waals surface area contributed by atoms with Gasteiger partial charge in [-0.25, -0.2) is 4.98 Å². The Labute approximate surface area is 112 Å². The van der Waals surface area contributed by atoms with E-state index in [1.54, 1.807) is 6.92 Å². The van der Waals surface area contributed by atoms with Crippen molar-refractivity contribution in [3.63, 3.8) is 0 Å². The number of hydrogen-bond acceptors (Lipinski definition) is 4. The molecule has 0 saturated carbocycles. The minimum absolute atomic E-state index is 0.156. The van der Waals surface area contributed by atoms with E-state index in [0.717, 1.165) is 10.2 Å². The molecule has 0 N–H and O–H groups in total. The van der Waals surface area contributed by atoms with E-state index in [9.17, 15) is 13.2 Å². The van der Waals surface area contributed by atoms with Crippen LogP contribution in [-0.4, -0.2) is 25.3 Å². The van der Waals surface area contributed by atoms with Gasteiger partial charge in [-0.05, 0) is 12.8 Å². The Balaban J connectivity index is 2.51. The van der Waals surface area contributed by atoms with Gasteiger partial charge in [0.05, 0.1) is 5.69 Å². The fraction of sp³-hybridized carbons (Fsp3) is 0.545. The minimum Gasteiger partial charge on any atom is -0.275 e. The van der Waals surface area contributed by atoms with Gasteiger partial charge in [-0.15, -0.1) is 22.0 Å². The average molecular weight is 290 g/mol. The molecule has 0 fully saturated rings. The highest BCUT2D eigenvalue weighted by Crippen LogP contribution is 2.30. The quantitative estimate of drug-likeness (QED) is 0.814. The highest BCUT2D eigenvalue weighted by Gasteiger charge is 2.37. The summed E-state index contributed by atoms with van der Waals surface area (Å²) in [7, 11) is 0. The topological polar surface area (TPSA) is 43.1 Å². The molecule has 0 atom stereocenters. The lowest BCUT2D eigenvalue weighted by Crippen LogP contribution is -2.11. The maximum absolute atomic E-state index is 12.8. The zero-order chi connectivity index (χ0) is 14.2. The fourth-order valence-electron chi connectivity index (χ4n) is 1.52. The molecule has 4 nitrogen and oxygen atoms in total. The van der Waals surface area contributed by atoms with Crippen molar-refractivity contribution < 1.29 is 13.2 Å². The molecule has 0 aromatic carbocycles. The zero-order valence-electron chi connectivity index (χ0n) is 10.7. The number of halogens is 3. The van der Waals surface area contributed by atoms with Crippen molar-refractivity contribution in [2.45, 2.75) is 32.0 Å². The minimum atomic E-state index is -4.52. The molecule has 0 radical (unpaired) electrons. The van der Waals surface area contributed by atoms with Gasteiger partial charge in [0.25, 0.3) is 0 Å². The summed E-state index contributed by atoms with van der Waals surface area (Å²) in [5.41, 5.74) is 0.660. The monoisotopic (exact) mass is 290 g/mol. The molecule has 2 aromatic rings. The van der Waals surface area contributed by atoms with Crippen LogP contribution < -0.4 is 0 Å². The molecule has 0 aliphatic heterocycles. The van der Waals surface area contributed by atoms with Gasteiger partial charge in [-0.1, -0.05) is 13.8 Å². The molecule has 0 spiro atoms. The van der Waals surface area contributed by atoms with Gasteiger partial charge in [0, 0.05) is 11.9 Å². The van der Waals surface area contributed by atoms with Crippen molar-refractivity contribution in [3.8, 4) is 0 Å². The third-order valence-corrected chi connectivity index (χ3v) is 3.67. The standard InChI is InChI=1S/C11H13F3N4S/c1-6(2)5-19-9-8-16-17-10(11(12,13)14)18(8)4-7(3)15-9/h4,6H,5H2,1-3H3. The van der Waals surface area contributed by atoms with E-state index in [1.165, 1.54) is 18.0 Å². The molecule has 2 aromatic heterocycles. The summed E-state index contributed by atoms with van der Waals surface area (Å²) in [5, 5.41) is 7.33. The maximum atomic E-state index is 12.8. The number of nitrogens with zero attached hydrogens (tertiary/aromatic N) is 4. The molecule has 0 bridgehead atoms. The summed E-state index contributed by atoms with van der Waals surface area (Å²) >= 11 is 1.39. The predicted molar refractivity (Wildman–Crippen MR) is 66.1 cm³/mol. The van der Waals surface area contributed by atoms with Crippen LogP contribution >= 0.6 is 11.8 Å². The van der Waals surface area contributed by atoms with Crippen LogP contribution in [-0.2, 0) is 6.18 Å². The lowest BCUT2D eigenvalue weighted by Gasteiger charge is -2.08. The lowest BCUT2D eigenvalue weighted by molar-refractivity contribution is -0.145. The first kappa shape index (κ1) is 14.1. The summed E-state index contributed by atoms with van der Waals surface area (Å²) in [6, 6.07) is 0. The van der Waals surface area contributed by atoms with Crippen molar-refractivity contribution in [1.82, 2.24) is 19.6 Å². The number of aryl methyl sites for hydroxylation is 1. The van der Waals surface area contributed by atoms with Gasteiger partial charge in [0.2, 0.25) is 5.82 Å². The molecule has 0 aliphatic carbocycles. The number of fused-ring (bicyclic) bond motifs is 1. The maximum Gasteiger partial charge on any atom is 0.452 e. The summed E-state index contributed by atoms with van der Waals surface area (Å²) in [6.45, 7) is 5.72. The van der Waals surface area contributed by atoms with E-state index >= 15 is 0 Å². The normalized spacial score (nSPS) is 12.6. The van der Waals surface area contributed by atoms with E-state index in [2.05, 4.69) is 15.2 Å². The molecule has 0 saturated heterocycles. The third kappa shape index (κ3) is 2.99. The Kier molecular flexibility index (Phi) is 3.71. The van der Waals surface area contributed by atoms with Crippen LogP contribution in [0.4, 0.5) is 13.2 Å². The highest BCUT2D eigenvalue weighted by molar-refractivity contribution is 7.99. The van der Waals surface area contributed by atoms with Crippen molar-refractivity contribution in [2.75, 3.05) is 5.75 Å². The van der Waals surface area contributed by atoms with Gasteiger partial charge in [0.15, 0.2) is 5.65 Å². The first-order valence-electron chi connectivity index (χ1n) is 5.71. The van der Waals surface area contributed by atoms with Gasteiger partial charge in [-0.2, -0.15) is 13.2 Å². The second-order valence-electron chi connectivity index (χ2n) is 4.61. The molecule has 0 aliphatic rings. The SMILES string of the molecule is Cc1cn2c(C(F)(F)F)nnc2c(SCC(C)C)n1. The molecule has 0 unspecified atom stereocenters. The van der Waals surface area contributed by atoms with E-state index in [1.807, 2.05) is 13.8 Å². The van der Waals surface area contributed by atoms with Crippen LogP contribution in [0.2, 0.25) is 0 Å². The number of thioether (sulfide) groups is 1. The predicted octanol–water partition coefficient (Wildman–Crippen LogP) is 3.20. The number of rotatable bonds is 3. The summed E-state index contributed by atoms with van der Waals surface area (Å²) in [5.74, 6) is 0.164. The average Bonchev–Trinajstić information content (AvgIpc) is 2.68. The summed E-state index contributed by atoms with van der Waals surface area (Å²) in [6.07, 6.45) is -3.22. The first-order valence-corrected chi connectivity index (χ1v) is 6.70.